The van der Waals surface area contributed by atoms with Crippen molar-refractivity contribution in [2.24, 2.45) is 0 Å². The predicted molar refractivity (Wildman–Crippen MR) is 111 cm³/mol. The van der Waals surface area contributed by atoms with Crippen molar-refractivity contribution in [1.29, 1.82) is 0 Å². The van der Waals surface area contributed by atoms with Crippen LogP contribution in [0, 0.1) is 0 Å². The maximum Gasteiger partial charge on any atom is 0.253 e. The van der Waals surface area contributed by atoms with Gasteiger partial charge in [0.1, 0.15) is 11.8 Å². The highest BCUT2D eigenvalue weighted by molar-refractivity contribution is 5.80. The summed E-state index contributed by atoms with van der Waals surface area (Å²) in [6.45, 7) is 2.71. The zero-order valence-electron chi connectivity index (χ0n) is 17.1. The van der Waals surface area contributed by atoms with Gasteiger partial charge in [-0.05, 0) is 46.9 Å². The van der Waals surface area contributed by atoms with Gasteiger partial charge in [-0.2, -0.15) is 0 Å². The van der Waals surface area contributed by atoms with E-state index in [4.69, 9.17) is 9.47 Å². The smallest absolute Gasteiger partial charge is 0.253 e. The normalized spacial score (nSPS) is 19.4. The third-order valence-corrected chi connectivity index (χ3v) is 6.22. The standard InChI is InChI=1S/C21H26N6O3/c1-29-16-7-6-14-12-17(21(28)22-18(14)13-16)19(26-8-10-30-11-9-26)20-23-24-25-27(20)15-4-2-3-5-15/h6-7,12-13,15,19H,2-5,8-11H2,1H3,(H,22,28)/t19-/m0/s1. The summed E-state index contributed by atoms with van der Waals surface area (Å²) in [7, 11) is 1.62. The first-order valence-electron chi connectivity index (χ1n) is 10.5. The number of aromatic nitrogens is 5. The van der Waals surface area contributed by atoms with E-state index < -0.39 is 0 Å². The fourth-order valence-electron chi connectivity index (χ4n) is 4.65. The zero-order chi connectivity index (χ0) is 20.5. The number of tetrazole rings is 1. The number of pyridine rings is 1. The third kappa shape index (κ3) is 3.48. The van der Waals surface area contributed by atoms with Crippen molar-refractivity contribution in [1.82, 2.24) is 30.1 Å². The summed E-state index contributed by atoms with van der Waals surface area (Å²) in [5.74, 6) is 1.45. The Bertz CT molecular complexity index is 1080. The lowest BCUT2D eigenvalue weighted by atomic mass is 10.0. The number of nitrogens with zero attached hydrogens (tertiary/aromatic N) is 5. The monoisotopic (exact) mass is 410 g/mol. The molecule has 1 saturated heterocycles. The van der Waals surface area contributed by atoms with Crippen LogP contribution >= 0.6 is 0 Å². The molecule has 1 saturated carbocycles. The quantitative estimate of drug-likeness (QED) is 0.687. The first-order valence-corrected chi connectivity index (χ1v) is 10.5. The van der Waals surface area contributed by atoms with Crippen molar-refractivity contribution in [3.63, 3.8) is 0 Å². The molecule has 2 aromatic heterocycles. The average molecular weight is 410 g/mol. The molecule has 9 heteroatoms. The number of nitrogens with one attached hydrogen (secondary N) is 1. The van der Waals surface area contributed by atoms with Crippen LogP contribution < -0.4 is 10.3 Å². The van der Waals surface area contributed by atoms with Crippen LogP contribution in [0.3, 0.4) is 0 Å². The lowest BCUT2D eigenvalue weighted by Gasteiger charge is -2.34. The second kappa shape index (κ2) is 8.16. The van der Waals surface area contributed by atoms with Gasteiger partial charge in [-0.25, -0.2) is 4.68 Å². The second-order valence-electron chi connectivity index (χ2n) is 7.98. The molecule has 2 aliphatic rings. The highest BCUT2D eigenvalue weighted by Crippen LogP contribution is 2.34. The van der Waals surface area contributed by atoms with Crippen LogP contribution in [-0.2, 0) is 4.74 Å². The van der Waals surface area contributed by atoms with Crippen molar-refractivity contribution in [2.75, 3.05) is 33.4 Å². The van der Waals surface area contributed by atoms with Gasteiger partial charge in [-0.15, -0.1) is 5.10 Å². The zero-order valence-corrected chi connectivity index (χ0v) is 17.1. The van der Waals surface area contributed by atoms with Gasteiger partial charge in [-0.1, -0.05) is 12.8 Å². The maximum atomic E-state index is 13.2. The molecule has 3 heterocycles. The van der Waals surface area contributed by atoms with Crippen molar-refractivity contribution in [3.05, 3.63) is 46.0 Å². The van der Waals surface area contributed by atoms with Gasteiger partial charge < -0.3 is 14.5 Å². The Balaban J connectivity index is 1.63. The first-order chi connectivity index (χ1) is 14.7. The lowest BCUT2D eigenvalue weighted by molar-refractivity contribution is 0.0211. The minimum atomic E-state index is -0.320. The Morgan fingerprint density at radius 3 is 2.77 bits per heavy atom. The summed E-state index contributed by atoms with van der Waals surface area (Å²) in [4.78, 5) is 18.5. The average Bonchev–Trinajstić information content (AvgIpc) is 3.47. The molecule has 1 atom stereocenters. The molecular weight excluding hydrogens is 384 g/mol. The van der Waals surface area contributed by atoms with Crippen LogP contribution in [0.1, 0.15) is 49.2 Å². The van der Waals surface area contributed by atoms with Gasteiger partial charge in [0.15, 0.2) is 5.82 Å². The Morgan fingerprint density at radius 2 is 2.00 bits per heavy atom. The number of H-pyrrole nitrogens is 1. The molecule has 3 aromatic rings. The van der Waals surface area contributed by atoms with E-state index in [0.717, 1.165) is 42.7 Å². The molecule has 5 rings (SSSR count). The largest absolute Gasteiger partial charge is 0.497 e. The van der Waals surface area contributed by atoms with Crippen molar-refractivity contribution in [3.8, 4) is 5.75 Å². The number of morpholine rings is 1. The van der Waals surface area contributed by atoms with Gasteiger partial charge >= 0.3 is 0 Å². The summed E-state index contributed by atoms with van der Waals surface area (Å²) in [6.07, 6.45) is 4.51. The predicted octanol–water partition coefficient (Wildman–Crippen LogP) is 2.06. The van der Waals surface area contributed by atoms with E-state index in [9.17, 15) is 4.79 Å². The topological polar surface area (TPSA) is 98.2 Å². The minimum absolute atomic E-state index is 0.131. The summed E-state index contributed by atoms with van der Waals surface area (Å²) in [5.41, 5.74) is 1.27. The SMILES string of the molecule is COc1ccc2cc([C@@H](c3nnnn3C3CCCC3)N3CCOCC3)c(=O)[nH]c2c1. The molecule has 0 amide bonds. The molecular formula is C21H26N6O3. The van der Waals surface area contributed by atoms with Crippen LogP contribution in [0.5, 0.6) is 5.75 Å². The molecule has 0 spiro atoms. The molecule has 0 bridgehead atoms. The number of hydrogen-bond acceptors (Lipinski definition) is 7. The van der Waals surface area contributed by atoms with Crippen molar-refractivity contribution >= 4 is 10.9 Å². The van der Waals surface area contributed by atoms with Crippen LogP contribution in [0.2, 0.25) is 0 Å². The fraction of sp³-hybridized carbons (Fsp3) is 0.524. The number of hydrogen-bond donors (Lipinski definition) is 1. The summed E-state index contributed by atoms with van der Waals surface area (Å²) in [6, 6.07) is 7.64. The molecule has 0 unspecified atom stereocenters. The van der Waals surface area contributed by atoms with E-state index in [1.165, 1.54) is 12.8 Å². The van der Waals surface area contributed by atoms with Crippen LogP contribution in [-0.4, -0.2) is 63.5 Å². The second-order valence-corrected chi connectivity index (χ2v) is 7.98. The molecule has 30 heavy (non-hydrogen) atoms. The van der Waals surface area contributed by atoms with Gasteiger partial charge in [-0.3, -0.25) is 9.69 Å². The summed E-state index contributed by atoms with van der Waals surface area (Å²) in [5, 5.41) is 13.7. The Hall–Kier alpha value is -2.78. The van der Waals surface area contributed by atoms with Gasteiger partial charge in [0.25, 0.3) is 5.56 Å². The highest BCUT2D eigenvalue weighted by Gasteiger charge is 2.33. The van der Waals surface area contributed by atoms with E-state index in [1.807, 2.05) is 28.9 Å². The van der Waals surface area contributed by atoms with Crippen molar-refractivity contribution < 1.29 is 9.47 Å². The molecule has 1 aromatic carbocycles. The van der Waals surface area contributed by atoms with E-state index in [0.29, 0.717) is 30.6 Å². The Kier molecular flexibility index (Phi) is 5.22. The summed E-state index contributed by atoms with van der Waals surface area (Å²) < 4.78 is 12.8. The number of aromatic amines is 1. The molecule has 1 N–H and O–H groups in total. The van der Waals surface area contributed by atoms with Gasteiger partial charge in [0.2, 0.25) is 0 Å². The summed E-state index contributed by atoms with van der Waals surface area (Å²) >= 11 is 0. The Morgan fingerprint density at radius 1 is 1.20 bits per heavy atom. The van der Waals surface area contributed by atoms with E-state index >= 15 is 0 Å². The Labute approximate surface area is 174 Å². The van der Waals surface area contributed by atoms with E-state index in [-0.39, 0.29) is 11.6 Å². The minimum Gasteiger partial charge on any atom is -0.497 e. The first kappa shape index (κ1) is 19.2. The molecule has 0 radical (unpaired) electrons. The van der Waals surface area contributed by atoms with E-state index in [1.54, 1.807) is 7.11 Å². The van der Waals surface area contributed by atoms with Crippen LogP contribution in [0.15, 0.2) is 29.1 Å². The third-order valence-electron chi connectivity index (χ3n) is 6.22. The molecule has 158 valence electrons. The number of methoxy groups -OCH3 is 1. The molecule has 9 nitrogen and oxygen atoms in total. The molecule has 1 aliphatic carbocycles. The molecule has 1 aliphatic heterocycles. The van der Waals surface area contributed by atoms with Gasteiger partial charge in [0.05, 0.1) is 31.9 Å². The fourth-order valence-corrected chi connectivity index (χ4v) is 4.65. The van der Waals surface area contributed by atoms with Crippen LogP contribution in [0.4, 0.5) is 0 Å². The number of rotatable bonds is 5. The van der Waals surface area contributed by atoms with E-state index in [2.05, 4.69) is 25.4 Å². The van der Waals surface area contributed by atoms with Gasteiger partial charge in [0, 0.05) is 24.7 Å². The lowest BCUT2D eigenvalue weighted by Crippen LogP contribution is -2.42. The number of ether oxygens (including phenoxy) is 2. The highest BCUT2D eigenvalue weighted by atomic mass is 16.5. The van der Waals surface area contributed by atoms with Crippen molar-refractivity contribution in [2.45, 2.75) is 37.8 Å². The maximum absolute atomic E-state index is 13.2. The van der Waals surface area contributed by atoms with Crippen LogP contribution in [0.25, 0.3) is 10.9 Å². The number of fused-ring (bicyclic) bond motifs is 1. The number of benzene rings is 1. The molecule has 2 fully saturated rings.